The average Bonchev–Trinajstić information content (AvgIpc) is 2.38. The Labute approximate surface area is 100 Å². The molecule has 0 aliphatic heterocycles. The number of hydrogen-bond donors (Lipinski definition) is 0. The summed E-state index contributed by atoms with van der Waals surface area (Å²) in [5, 5.41) is 0. The summed E-state index contributed by atoms with van der Waals surface area (Å²) in [4.78, 5) is 15.0. The third-order valence-electron chi connectivity index (χ3n) is 3.15. The third kappa shape index (κ3) is 3.25. The fourth-order valence-electron chi connectivity index (χ4n) is 2.16. The van der Waals surface area contributed by atoms with E-state index in [4.69, 9.17) is 4.74 Å². The molecule has 0 N–H and O–H groups in total. The Hall–Kier alpha value is -1.45. The minimum absolute atomic E-state index is 0.0803. The molecule has 1 heterocycles. The van der Waals surface area contributed by atoms with E-state index in [1.807, 2.05) is 0 Å². The van der Waals surface area contributed by atoms with Gasteiger partial charge in [-0.05, 0) is 30.9 Å². The highest BCUT2D eigenvalue weighted by Gasteiger charge is 2.18. The van der Waals surface area contributed by atoms with Crippen LogP contribution in [0.15, 0.2) is 18.3 Å². The highest BCUT2D eigenvalue weighted by Crippen LogP contribution is 2.24. The van der Waals surface area contributed by atoms with Crippen LogP contribution in [0.4, 0.5) is 4.39 Å². The van der Waals surface area contributed by atoms with Crippen LogP contribution in [0.5, 0.6) is 0 Å². The molecule has 1 aliphatic rings. The van der Waals surface area contributed by atoms with Gasteiger partial charge in [0.2, 0.25) is 5.95 Å². The molecule has 1 fully saturated rings. The minimum atomic E-state index is -0.763. The fraction of sp³-hybridized carbons (Fsp3) is 0.538. The normalized spacial score (nSPS) is 16.8. The lowest BCUT2D eigenvalue weighted by Crippen LogP contribution is -2.17. The molecule has 0 spiro atoms. The molecule has 1 saturated carbocycles. The Kier molecular flexibility index (Phi) is 4.07. The smallest absolute Gasteiger partial charge is 0.342 e. The Morgan fingerprint density at radius 3 is 2.88 bits per heavy atom. The number of aromatic nitrogens is 1. The summed E-state index contributed by atoms with van der Waals surface area (Å²) in [5.74, 6) is -0.935. The SMILES string of the molecule is O=C(OCC1CCCCC1)c1cccnc1F. The van der Waals surface area contributed by atoms with Crippen molar-refractivity contribution in [2.75, 3.05) is 6.61 Å². The lowest BCUT2D eigenvalue weighted by molar-refractivity contribution is 0.0404. The number of halogens is 1. The highest BCUT2D eigenvalue weighted by atomic mass is 19.1. The first-order valence-corrected chi connectivity index (χ1v) is 6.05. The summed E-state index contributed by atoms with van der Waals surface area (Å²) in [6.45, 7) is 0.396. The summed E-state index contributed by atoms with van der Waals surface area (Å²) in [7, 11) is 0. The molecule has 0 bridgehead atoms. The number of pyridine rings is 1. The summed E-state index contributed by atoms with van der Waals surface area (Å²) < 4.78 is 18.3. The Morgan fingerprint density at radius 2 is 2.18 bits per heavy atom. The summed E-state index contributed by atoms with van der Waals surface area (Å²) in [5.41, 5.74) is -0.0803. The molecule has 3 nitrogen and oxygen atoms in total. The number of hydrogen-bond acceptors (Lipinski definition) is 3. The van der Waals surface area contributed by atoms with Gasteiger partial charge in [0, 0.05) is 6.20 Å². The number of carbonyl (C=O) groups is 1. The molecule has 0 amide bonds. The van der Waals surface area contributed by atoms with E-state index in [2.05, 4.69) is 4.98 Å². The number of esters is 1. The van der Waals surface area contributed by atoms with Gasteiger partial charge in [0.25, 0.3) is 0 Å². The van der Waals surface area contributed by atoms with Gasteiger partial charge in [0.1, 0.15) is 5.56 Å². The van der Waals surface area contributed by atoms with Crippen molar-refractivity contribution in [2.24, 2.45) is 5.92 Å². The van der Waals surface area contributed by atoms with E-state index in [1.54, 1.807) is 0 Å². The van der Waals surface area contributed by atoms with Gasteiger partial charge in [-0.2, -0.15) is 4.39 Å². The molecule has 92 valence electrons. The van der Waals surface area contributed by atoms with Crippen molar-refractivity contribution in [1.29, 1.82) is 0 Å². The van der Waals surface area contributed by atoms with Gasteiger partial charge in [-0.1, -0.05) is 19.3 Å². The maximum atomic E-state index is 13.2. The molecule has 0 saturated heterocycles. The summed E-state index contributed by atoms with van der Waals surface area (Å²) >= 11 is 0. The molecular weight excluding hydrogens is 221 g/mol. The van der Waals surface area contributed by atoms with Crippen molar-refractivity contribution < 1.29 is 13.9 Å². The Bertz CT molecular complexity index is 389. The lowest BCUT2D eigenvalue weighted by Gasteiger charge is -2.20. The van der Waals surface area contributed by atoms with Crippen molar-refractivity contribution in [3.63, 3.8) is 0 Å². The minimum Gasteiger partial charge on any atom is -0.462 e. The average molecular weight is 237 g/mol. The molecule has 1 aromatic heterocycles. The number of carbonyl (C=O) groups excluding carboxylic acids is 1. The van der Waals surface area contributed by atoms with Crippen LogP contribution < -0.4 is 0 Å². The first kappa shape index (κ1) is 12.0. The molecule has 0 aromatic carbocycles. The first-order valence-electron chi connectivity index (χ1n) is 6.05. The third-order valence-corrected chi connectivity index (χ3v) is 3.15. The molecule has 4 heteroatoms. The number of ether oxygens (including phenoxy) is 1. The van der Waals surface area contributed by atoms with E-state index >= 15 is 0 Å². The van der Waals surface area contributed by atoms with Crippen LogP contribution in [0.3, 0.4) is 0 Å². The van der Waals surface area contributed by atoms with Crippen molar-refractivity contribution in [2.45, 2.75) is 32.1 Å². The predicted octanol–water partition coefficient (Wildman–Crippen LogP) is 2.96. The van der Waals surface area contributed by atoms with Crippen LogP contribution >= 0.6 is 0 Å². The maximum absolute atomic E-state index is 13.2. The van der Waals surface area contributed by atoms with Crippen LogP contribution in [-0.2, 0) is 4.74 Å². The number of rotatable bonds is 3. The quantitative estimate of drug-likeness (QED) is 0.599. The number of nitrogens with zero attached hydrogens (tertiary/aromatic N) is 1. The van der Waals surface area contributed by atoms with Gasteiger partial charge in [0.05, 0.1) is 6.61 Å². The van der Waals surface area contributed by atoms with E-state index in [9.17, 15) is 9.18 Å². The predicted molar refractivity (Wildman–Crippen MR) is 61.1 cm³/mol. The van der Waals surface area contributed by atoms with E-state index in [0.29, 0.717) is 12.5 Å². The second-order valence-corrected chi connectivity index (χ2v) is 4.44. The fourth-order valence-corrected chi connectivity index (χ4v) is 2.16. The van der Waals surface area contributed by atoms with Gasteiger partial charge in [-0.15, -0.1) is 0 Å². The van der Waals surface area contributed by atoms with Gasteiger partial charge in [-0.25, -0.2) is 9.78 Å². The van der Waals surface area contributed by atoms with Crippen LogP contribution in [0.1, 0.15) is 42.5 Å². The largest absolute Gasteiger partial charge is 0.462 e. The van der Waals surface area contributed by atoms with Crippen LogP contribution in [-0.4, -0.2) is 17.6 Å². The van der Waals surface area contributed by atoms with Crippen LogP contribution in [0, 0.1) is 11.9 Å². The molecular formula is C13H16FNO2. The molecule has 0 radical (unpaired) electrons. The van der Waals surface area contributed by atoms with Gasteiger partial charge < -0.3 is 4.74 Å². The first-order chi connectivity index (χ1) is 8.27. The van der Waals surface area contributed by atoms with E-state index in [1.165, 1.54) is 37.6 Å². The van der Waals surface area contributed by atoms with E-state index in [0.717, 1.165) is 12.8 Å². The van der Waals surface area contributed by atoms with E-state index in [-0.39, 0.29) is 5.56 Å². The van der Waals surface area contributed by atoms with Gasteiger partial charge in [-0.3, -0.25) is 0 Å². The zero-order chi connectivity index (χ0) is 12.1. The van der Waals surface area contributed by atoms with Crippen molar-refractivity contribution >= 4 is 5.97 Å². The molecule has 0 unspecified atom stereocenters. The second-order valence-electron chi connectivity index (χ2n) is 4.44. The zero-order valence-corrected chi connectivity index (χ0v) is 9.69. The summed E-state index contributed by atoms with van der Waals surface area (Å²) in [6.07, 6.45) is 7.17. The monoisotopic (exact) mass is 237 g/mol. The Balaban J connectivity index is 1.87. The van der Waals surface area contributed by atoms with E-state index < -0.39 is 11.9 Å². The maximum Gasteiger partial charge on any atom is 0.342 e. The van der Waals surface area contributed by atoms with Gasteiger partial charge >= 0.3 is 5.97 Å². The summed E-state index contributed by atoms with van der Waals surface area (Å²) in [6, 6.07) is 2.92. The topological polar surface area (TPSA) is 39.2 Å². The zero-order valence-electron chi connectivity index (χ0n) is 9.69. The molecule has 0 atom stereocenters. The molecule has 1 aromatic rings. The van der Waals surface area contributed by atoms with Crippen molar-refractivity contribution in [3.05, 3.63) is 29.8 Å². The molecule has 17 heavy (non-hydrogen) atoms. The molecule has 1 aliphatic carbocycles. The Morgan fingerprint density at radius 1 is 1.41 bits per heavy atom. The lowest BCUT2D eigenvalue weighted by atomic mass is 9.90. The van der Waals surface area contributed by atoms with Crippen molar-refractivity contribution in [3.8, 4) is 0 Å². The molecule has 2 rings (SSSR count). The van der Waals surface area contributed by atoms with Crippen molar-refractivity contribution in [1.82, 2.24) is 4.98 Å². The van der Waals surface area contributed by atoms with Gasteiger partial charge in [0.15, 0.2) is 0 Å². The standard InChI is InChI=1S/C13H16FNO2/c14-12-11(7-4-8-15-12)13(16)17-9-10-5-2-1-3-6-10/h4,7-8,10H,1-3,5-6,9H2. The van der Waals surface area contributed by atoms with Crippen LogP contribution in [0.2, 0.25) is 0 Å². The second kappa shape index (κ2) is 5.75. The highest BCUT2D eigenvalue weighted by molar-refractivity contribution is 5.89. The van der Waals surface area contributed by atoms with Crippen LogP contribution in [0.25, 0.3) is 0 Å².